The lowest BCUT2D eigenvalue weighted by molar-refractivity contribution is -0.140. The molecule has 0 aliphatic heterocycles. The molecule has 0 saturated carbocycles. The number of hydrogen-bond acceptors (Lipinski definition) is 4. The Balaban J connectivity index is 2.46. The zero-order chi connectivity index (χ0) is 25.6. The van der Waals surface area contributed by atoms with Gasteiger partial charge >= 0.3 is 0 Å². The molecule has 9 heteroatoms. The zero-order valence-corrected chi connectivity index (χ0v) is 23.0. The standard InChI is InChI=1S/C25H34BrN3O4S/c1-7-23(25(31)27-17(2)3)28(15-20-10-8-9-18(4)13-20)24(30)16-29(34(6,32)33)21-11-12-22(26)19(5)14-21/h8-14,17,23H,7,15-16H2,1-6H3,(H,27,31). The van der Waals surface area contributed by atoms with Crippen LogP contribution in [0.25, 0.3) is 0 Å². The molecule has 0 aliphatic rings. The second-order valence-corrected chi connectivity index (χ2v) is 11.6. The lowest BCUT2D eigenvalue weighted by Crippen LogP contribution is -2.53. The highest BCUT2D eigenvalue weighted by atomic mass is 79.9. The molecule has 0 fully saturated rings. The summed E-state index contributed by atoms with van der Waals surface area (Å²) in [5.74, 6) is -0.706. The number of aryl methyl sites for hydroxylation is 2. The van der Waals surface area contributed by atoms with Crippen molar-refractivity contribution in [3.05, 3.63) is 63.6 Å². The molecule has 0 bridgehead atoms. The summed E-state index contributed by atoms with van der Waals surface area (Å²) >= 11 is 3.42. The molecule has 186 valence electrons. The molecule has 7 nitrogen and oxygen atoms in total. The summed E-state index contributed by atoms with van der Waals surface area (Å²) in [6.45, 7) is 9.16. The largest absolute Gasteiger partial charge is 0.352 e. The number of carbonyl (C=O) groups excluding carboxylic acids is 2. The van der Waals surface area contributed by atoms with Gasteiger partial charge in [0.1, 0.15) is 12.6 Å². The van der Waals surface area contributed by atoms with Crippen LogP contribution in [0, 0.1) is 13.8 Å². The Bertz CT molecular complexity index is 1130. The minimum absolute atomic E-state index is 0.0873. The first kappa shape index (κ1) is 27.9. The summed E-state index contributed by atoms with van der Waals surface area (Å²) in [6.07, 6.45) is 1.47. The Kier molecular flexibility index (Phi) is 9.70. The van der Waals surface area contributed by atoms with E-state index in [-0.39, 0.29) is 18.5 Å². The first-order valence-electron chi connectivity index (χ1n) is 11.2. The van der Waals surface area contributed by atoms with Crippen LogP contribution in [-0.2, 0) is 26.2 Å². The summed E-state index contributed by atoms with van der Waals surface area (Å²) in [7, 11) is -3.76. The fourth-order valence-corrected chi connectivity index (χ4v) is 4.79. The number of nitrogens with zero attached hydrogens (tertiary/aromatic N) is 2. The van der Waals surface area contributed by atoms with Crippen molar-refractivity contribution in [2.75, 3.05) is 17.1 Å². The number of sulfonamides is 1. The van der Waals surface area contributed by atoms with Crippen molar-refractivity contribution in [2.24, 2.45) is 0 Å². The summed E-state index contributed by atoms with van der Waals surface area (Å²) in [4.78, 5) is 28.1. The number of halogens is 1. The Morgan fingerprint density at radius 1 is 1.09 bits per heavy atom. The van der Waals surface area contributed by atoms with Gasteiger partial charge in [-0.25, -0.2) is 8.42 Å². The van der Waals surface area contributed by atoms with Crippen LogP contribution in [0.2, 0.25) is 0 Å². The van der Waals surface area contributed by atoms with E-state index in [9.17, 15) is 18.0 Å². The van der Waals surface area contributed by atoms with Crippen LogP contribution >= 0.6 is 15.9 Å². The summed E-state index contributed by atoms with van der Waals surface area (Å²) in [5.41, 5.74) is 3.15. The second kappa shape index (κ2) is 11.8. The van der Waals surface area contributed by atoms with Crippen molar-refractivity contribution >= 4 is 43.5 Å². The normalized spacial score (nSPS) is 12.4. The second-order valence-electron chi connectivity index (χ2n) is 8.80. The first-order valence-corrected chi connectivity index (χ1v) is 13.9. The number of nitrogens with one attached hydrogen (secondary N) is 1. The monoisotopic (exact) mass is 551 g/mol. The van der Waals surface area contributed by atoms with E-state index in [0.717, 1.165) is 31.7 Å². The van der Waals surface area contributed by atoms with Crippen molar-refractivity contribution in [1.29, 1.82) is 0 Å². The van der Waals surface area contributed by atoms with Crippen LogP contribution in [0.3, 0.4) is 0 Å². The van der Waals surface area contributed by atoms with Gasteiger partial charge in [-0.3, -0.25) is 13.9 Å². The molecule has 2 aromatic rings. The molecule has 2 rings (SSSR count). The predicted molar refractivity (Wildman–Crippen MR) is 140 cm³/mol. The number of hydrogen-bond donors (Lipinski definition) is 1. The van der Waals surface area contributed by atoms with Gasteiger partial charge in [0, 0.05) is 17.1 Å². The van der Waals surface area contributed by atoms with Gasteiger partial charge in [-0.1, -0.05) is 52.7 Å². The smallest absolute Gasteiger partial charge is 0.244 e. The SMILES string of the molecule is CCC(C(=O)NC(C)C)N(Cc1cccc(C)c1)C(=O)CN(c1ccc(Br)c(C)c1)S(C)(=O)=O. The third kappa shape index (κ3) is 7.56. The molecule has 0 heterocycles. The Labute approximate surface area is 211 Å². The van der Waals surface area contributed by atoms with E-state index >= 15 is 0 Å². The van der Waals surface area contributed by atoms with Crippen LogP contribution in [0.4, 0.5) is 5.69 Å². The number of anilines is 1. The van der Waals surface area contributed by atoms with E-state index in [4.69, 9.17) is 0 Å². The molecule has 0 radical (unpaired) electrons. The fourth-order valence-electron chi connectivity index (χ4n) is 3.71. The van der Waals surface area contributed by atoms with E-state index < -0.39 is 28.5 Å². The van der Waals surface area contributed by atoms with Crippen LogP contribution in [-0.4, -0.2) is 50.0 Å². The molecule has 0 spiro atoms. The van der Waals surface area contributed by atoms with Crippen LogP contribution in [0.5, 0.6) is 0 Å². The van der Waals surface area contributed by atoms with Crippen molar-refractivity contribution in [3.8, 4) is 0 Å². The number of carbonyl (C=O) groups is 2. The molecule has 0 aromatic heterocycles. The number of amides is 2. The van der Waals surface area contributed by atoms with E-state index in [2.05, 4.69) is 21.2 Å². The van der Waals surface area contributed by atoms with Gasteiger partial charge in [-0.15, -0.1) is 0 Å². The van der Waals surface area contributed by atoms with Gasteiger partial charge in [0.2, 0.25) is 21.8 Å². The van der Waals surface area contributed by atoms with Gasteiger partial charge in [-0.05, 0) is 63.4 Å². The van der Waals surface area contributed by atoms with Gasteiger partial charge < -0.3 is 10.2 Å². The molecule has 1 N–H and O–H groups in total. The predicted octanol–water partition coefficient (Wildman–Crippen LogP) is 4.16. The van der Waals surface area contributed by atoms with Gasteiger partial charge in [0.15, 0.2) is 0 Å². The maximum absolute atomic E-state index is 13.6. The summed E-state index contributed by atoms with van der Waals surface area (Å²) in [6, 6.07) is 12.0. The fraction of sp³-hybridized carbons (Fsp3) is 0.440. The highest BCUT2D eigenvalue weighted by molar-refractivity contribution is 9.10. The molecular formula is C25H34BrN3O4S. The highest BCUT2D eigenvalue weighted by Crippen LogP contribution is 2.25. The summed E-state index contributed by atoms with van der Waals surface area (Å²) < 4.78 is 27.3. The third-order valence-corrected chi connectivity index (χ3v) is 7.39. The van der Waals surface area contributed by atoms with E-state index in [0.29, 0.717) is 12.1 Å². The number of rotatable bonds is 10. The number of benzene rings is 2. The molecule has 2 amide bonds. The topological polar surface area (TPSA) is 86.8 Å². The summed E-state index contributed by atoms with van der Waals surface area (Å²) in [5, 5.41) is 2.89. The highest BCUT2D eigenvalue weighted by Gasteiger charge is 2.32. The Morgan fingerprint density at radius 3 is 2.29 bits per heavy atom. The molecule has 1 unspecified atom stereocenters. The molecule has 1 atom stereocenters. The quantitative estimate of drug-likeness (QED) is 0.480. The third-order valence-electron chi connectivity index (χ3n) is 5.36. The van der Waals surface area contributed by atoms with Gasteiger partial charge in [0.05, 0.1) is 11.9 Å². The molecular weight excluding hydrogens is 518 g/mol. The van der Waals surface area contributed by atoms with Crippen molar-refractivity contribution in [1.82, 2.24) is 10.2 Å². The van der Waals surface area contributed by atoms with Crippen molar-refractivity contribution in [2.45, 2.75) is 59.7 Å². The molecule has 0 saturated heterocycles. The minimum atomic E-state index is -3.76. The average Bonchev–Trinajstić information content (AvgIpc) is 2.72. The minimum Gasteiger partial charge on any atom is -0.352 e. The van der Waals surface area contributed by atoms with Crippen LogP contribution in [0.15, 0.2) is 46.9 Å². The Morgan fingerprint density at radius 2 is 1.76 bits per heavy atom. The molecule has 0 aliphatic carbocycles. The maximum atomic E-state index is 13.6. The average molecular weight is 553 g/mol. The van der Waals surface area contributed by atoms with Crippen molar-refractivity contribution in [3.63, 3.8) is 0 Å². The van der Waals surface area contributed by atoms with E-state index in [1.54, 1.807) is 18.2 Å². The zero-order valence-electron chi connectivity index (χ0n) is 20.6. The van der Waals surface area contributed by atoms with Gasteiger partial charge in [-0.2, -0.15) is 0 Å². The lowest BCUT2D eigenvalue weighted by Gasteiger charge is -2.33. The van der Waals surface area contributed by atoms with Gasteiger partial charge in [0.25, 0.3) is 0 Å². The van der Waals surface area contributed by atoms with Crippen LogP contribution < -0.4 is 9.62 Å². The maximum Gasteiger partial charge on any atom is 0.244 e. The van der Waals surface area contributed by atoms with E-state index in [1.165, 1.54) is 4.90 Å². The van der Waals surface area contributed by atoms with Crippen molar-refractivity contribution < 1.29 is 18.0 Å². The van der Waals surface area contributed by atoms with Crippen LogP contribution in [0.1, 0.15) is 43.9 Å². The Hall–Kier alpha value is -2.39. The first-order chi connectivity index (χ1) is 15.8. The lowest BCUT2D eigenvalue weighted by atomic mass is 10.1. The molecule has 34 heavy (non-hydrogen) atoms. The van der Waals surface area contributed by atoms with E-state index in [1.807, 2.05) is 58.9 Å². The molecule has 2 aromatic carbocycles.